The Kier molecular flexibility index (Phi) is 5.81. The third-order valence-corrected chi connectivity index (χ3v) is 5.40. The average molecular weight is 451 g/mol. The first-order chi connectivity index (χ1) is 14.8. The van der Waals surface area contributed by atoms with Gasteiger partial charge < -0.3 is 5.32 Å². The van der Waals surface area contributed by atoms with E-state index in [1.54, 1.807) is 28.9 Å². The smallest absolute Gasteiger partial charge is 0.295 e. The van der Waals surface area contributed by atoms with E-state index in [0.29, 0.717) is 21.6 Å². The summed E-state index contributed by atoms with van der Waals surface area (Å²) in [6.45, 7) is 5.90. The summed E-state index contributed by atoms with van der Waals surface area (Å²) in [5.74, 6) is 0.164. The molecule has 3 aromatic carbocycles. The Balaban J connectivity index is 1.82. The molecule has 0 spiro atoms. The van der Waals surface area contributed by atoms with Crippen LogP contribution in [-0.4, -0.2) is 20.7 Å². The number of carbonyl (C=O) groups is 1. The molecule has 0 saturated heterocycles. The number of halogens is 2. The van der Waals surface area contributed by atoms with Crippen LogP contribution in [0, 0.1) is 20.8 Å². The summed E-state index contributed by atoms with van der Waals surface area (Å²) in [6.07, 6.45) is 0. The summed E-state index contributed by atoms with van der Waals surface area (Å²) in [4.78, 5) is 17.6. The zero-order valence-corrected chi connectivity index (χ0v) is 18.8. The van der Waals surface area contributed by atoms with Crippen LogP contribution in [0.15, 0.2) is 60.7 Å². The van der Waals surface area contributed by atoms with Gasteiger partial charge in [-0.05, 0) is 67.8 Å². The molecule has 31 heavy (non-hydrogen) atoms. The lowest BCUT2D eigenvalue weighted by Crippen LogP contribution is -2.15. The molecule has 1 amide bonds. The maximum absolute atomic E-state index is 13.0. The molecule has 1 N–H and O–H groups in total. The number of amides is 1. The van der Waals surface area contributed by atoms with E-state index in [0.717, 1.165) is 27.9 Å². The minimum absolute atomic E-state index is 0.0512. The number of anilines is 1. The molecule has 156 valence electrons. The summed E-state index contributed by atoms with van der Waals surface area (Å²) in [6, 6.07) is 18.7. The molecule has 7 heteroatoms. The summed E-state index contributed by atoms with van der Waals surface area (Å²) in [5.41, 5.74) is 5.20. The zero-order chi connectivity index (χ0) is 22.1. The Morgan fingerprint density at radius 2 is 1.65 bits per heavy atom. The van der Waals surface area contributed by atoms with Crippen molar-refractivity contribution in [3.8, 4) is 17.1 Å². The molecular formula is C24H20Cl2N4O. The lowest BCUT2D eigenvalue weighted by Gasteiger charge is -2.10. The molecule has 0 fully saturated rings. The second-order valence-corrected chi connectivity index (χ2v) is 8.26. The Morgan fingerprint density at radius 1 is 0.903 bits per heavy atom. The Morgan fingerprint density at radius 3 is 2.42 bits per heavy atom. The van der Waals surface area contributed by atoms with Crippen LogP contribution in [0.5, 0.6) is 0 Å². The summed E-state index contributed by atoms with van der Waals surface area (Å²) in [5, 5.41) is 8.53. The lowest BCUT2D eigenvalue weighted by atomic mass is 10.1. The fraction of sp³-hybridized carbons (Fsp3) is 0.125. The van der Waals surface area contributed by atoms with Gasteiger partial charge in [0.05, 0.1) is 5.69 Å². The fourth-order valence-corrected chi connectivity index (χ4v) is 3.61. The Bertz CT molecular complexity index is 1300. The number of nitrogens with one attached hydrogen (secondary N) is 1. The molecule has 0 saturated carbocycles. The highest BCUT2D eigenvalue weighted by Gasteiger charge is 2.20. The number of rotatable bonds is 4. The van der Waals surface area contributed by atoms with Crippen molar-refractivity contribution >= 4 is 34.8 Å². The van der Waals surface area contributed by atoms with Crippen LogP contribution in [0.3, 0.4) is 0 Å². The number of benzene rings is 3. The first-order valence-electron chi connectivity index (χ1n) is 9.70. The molecule has 5 nitrogen and oxygen atoms in total. The van der Waals surface area contributed by atoms with Gasteiger partial charge >= 0.3 is 0 Å². The molecule has 0 bridgehead atoms. The van der Waals surface area contributed by atoms with Crippen molar-refractivity contribution < 1.29 is 4.79 Å². The SMILES string of the molecule is Cc1ccc(C)c(-n2nc(C(=O)Nc3cc(Cl)ccc3C)nc2-c2cccc(Cl)c2)c1. The van der Waals surface area contributed by atoms with Crippen LogP contribution in [0.4, 0.5) is 5.69 Å². The molecule has 1 aromatic heterocycles. The first kappa shape index (κ1) is 21.1. The molecular weight excluding hydrogens is 431 g/mol. The van der Waals surface area contributed by atoms with Crippen molar-refractivity contribution in [3.63, 3.8) is 0 Å². The average Bonchev–Trinajstić information content (AvgIpc) is 3.18. The van der Waals surface area contributed by atoms with E-state index in [1.165, 1.54) is 0 Å². The number of nitrogens with zero attached hydrogens (tertiary/aromatic N) is 3. The maximum Gasteiger partial charge on any atom is 0.295 e. The number of aromatic nitrogens is 3. The first-order valence-corrected chi connectivity index (χ1v) is 10.5. The minimum Gasteiger partial charge on any atom is -0.319 e. The highest BCUT2D eigenvalue weighted by Crippen LogP contribution is 2.27. The second-order valence-electron chi connectivity index (χ2n) is 7.38. The second kappa shape index (κ2) is 8.53. The quantitative estimate of drug-likeness (QED) is 0.390. The molecule has 4 aromatic rings. The van der Waals surface area contributed by atoms with Gasteiger partial charge in [-0.25, -0.2) is 9.67 Å². The summed E-state index contributed by atoms with van der Waals surface area (Å²) >= 11 is 12.3. The van der Waals surface area contributed by atoms with E-state index in [4.69, 9.17) is 23.2 Å². The van der Waals surface area contributed by atoms with Crippen LogP contribution in [-0.2, 0) is 0 Å². The van der Waals surface area contributed by atoms with Crippen molar-refractivity contribution in [2.24, 2.45) is 0 Å². The molecule has 0 aliphatic carbocycles. The molecule has 0 atom stereocenters. The van der Waals surface area contributed by atoms with Crippen molar-refractivity contribution in [3.05, 3.63) is 93.2 Å². The van der Waals surface area contributed by atoms with Gasteiger partial charge in [0, 0.05) is 21.3 Å². The number of carbonyl (C=O) groups excluding carboxylic acids is 1. The summed E-state index contributed by atoms with van der Waals surface area (Å²) < 4.78 is 1.69. The standard InChI is InChI=1S/C24H20Cl2N4O/c1-14-7-8-16(3)21(11-14)30-23(17-5-4-6-18(25)12-17)28-22(29-30)24(31)27-20-13-19(26)10-9-15(20)2/h4-13H,1-3H3,(H,27,31). The van der Waals surface area contributed by atoms with Crippen molar-refractivity contribution in [2.75, 3.05) is 5.32 Å². The topological polar surface area (TPSA) is 59.8 Å². The zero-order valence-electron chi connectivity index (χ0n) is 17.3. The molecule has 0 aliphatic rings. The molecule has 0 aliphatic heterocycles. The van der Waals surface area contributed by atoms with Gasteiger partial charge in [0.15, 0.2) is 5.82 Å². The minimum atomic E-state index is -0.419. The number of aryl methyl sites for hydroxylation is 3. The highest BCUT2D eigenvalue weighted by molar-refractivity contribution is 6.31. The van der Waals surface area contributed by atoms with Gasteiger partial charge in [-0.3, -0.25) is 4.79 Å². The van der Waals surface area contributed by atoms with Crippen molar-refractivity contribution in [1.29, 1.82) is 0 Å². The fourth-order valence-electron chi connectivity index (χ4n) is 3.25. The summed E-state index contributed by atoms with van der Waals surface area (Å²) in [7, 11) is 0. The largest absolute Gasteiger partial charge is 0.319 e. The van der Waals surface area contributed by atoms with Crippen LogP contribution < -0.4 is 5.32 Å². The van der Waals surface area contributed by atoms with E-state index in [2.05, 4.69) is 15.4 Å². The number of hydrogen-bond acceptors (Lipinski definition) is 3. The van der Waals surface area contributed by atoms with Crippen LogP contribution in [0.1, 0.15) is 27.3 Å². The van der Waals surface area contributed by atoms with Crippen LogP contribution in [0.25, 0.3) is 17.1 Å². The molecule has 1 heterocycles. The van der Waals surface area contributed by atoms with E-state index in [1.807, 2.05) is 57.2 Å². The van der Waals surface area contributed by atoms with Gasteiger partial charge in [-0.1, -0.05) is 53.5 Å². The van der Waals surface area contributed by atoms with Gasteiger partial charge in [-0.2, -0.15) is 0 Å². The van der Waals surface area contributed by atoms with Crippen LogP contribution >= 0.6 is 23.2 Å². The van der Waals surface area contributed by atoms with Gasteiger partial charge in [0.25, 0.3) is 5.91 Å². The third kappa shape index (κ3) is 4.48. The van der Waals surface area contributed by atoms with E-state index >= 15 is 0 Å². The van der Waals surface area contributed by atoms with Crippen molar-refractivity contribution in [2.45, 2.75) is 20.8 Å². The Hall–Kier alpha value is -3.15. The predicted octanol–water partition coefficient (Wildman–Crippen LogP) is 6.42. The third-order valence-electron chi connectivity index (χ3n) is 4.93. The Labute approximate surface area is 190 Å². The molecule has 0 radical (unpaired) electrons. The van der Waals surface area contributed by atoms with E-state index in [9.17, 15) is 4.79 Å². The molecule has 4 rings (SSSR count). The lowest BCUT2D eigenvalue weighted by molar-refractivity contribution is 0.101. The van der Waals surface area contributed by atoms with E-state index in [-0.39, 0.29) is 5.82 Å². The number of hydrogen-bond donors (Lipinski definition) is 1. The molecule has 0 unspecified atom stereocenters. The highest BCUT2D eigenvalue weighted by atomic mass is 35.5. The monoisotopic (exact) mass is 450 g/mol. The van der Waals surface area contributed by atoms with Crippen molar-refractivity contribution in [1.82, 2.24) is 14.8 Å². The van der Waals surface area contributed by atoms with Gasteiger partial charge in [0.1, 0.15) is 0 Å². The normalized spacial score (nSPS) is 10.9. The predicted molar refractivity (Wildman–Crippen MR) is 125 cm³/mol. The maximum atomic E-state index is 13.0. The van der Waals surface area contributed by atoms with Crippen LogP contribution in [0.2, 0.25) is 10.0 Å². The van der Waals surface area contributed by atoms with Gasteiger partial charge in [0.2, 0.25) is 5.82 Å². The van der Waals surface area contributed by atoms with E-state index < -0.39 is 5.91 Å². The van der Waals surface area contributed by atoms with Gasteiger partial charge in [-0.15, -0.1) is 5.10 Å².